The Morgan fingerprint density at radius 2 is 1.89 bits per heavy atom. The fourth-order valence-electron chi connectivity index (χ4n) is 3.50. The van der Waals surface area contributed by atoms with E-state index in [1.54, 1.807) is 6.07 Å². The lowest BCUT2D eigenvalue weighted by molar-refractivity contribution is -0.116. The van der Waals surface area contributed by atoms with E-state index >= 15 is 0 Å². The average Bonchev–Trinajstić information content (AvgIpc) is 2.74. The van der Waals surface area contributed by atoms with Gasteiger partial charge < -0.3 is 10.1 Å². The molecule has 3 aromatic carbocycles. The summed E-state index contributed by atoms with van der Waals surface area (Å²) in [6.07, 6.45) is -0.151. The molecule has 28 heavy (non-hydrogen) atoms. The van der Waals surface area contributed by atoms with Crippen LogP contribution in [0.2, 0.25) is 0 Å². The highest BCUT2D eigenvalue weighted by Crippen LogP contribution is 2.41. The Morgan fingerprint density at radius 1 is 1.11 bits per heavy atom. The third-order valence-corrected chi connectivity index (χ3v) is 4.71. The van der Waals surface area contributed by atoms with Crippen LogP contribution in [0, 0.1) is 0 Å². The molecule has 1 atom stereocenters. The maximum atomic E-state index is 12.4. The minimum absolute atomic E-state index is 0.00909. The lowest BCUT2D eigenvalue weighted by atomic mass is 9.83. The van der Waals surface area contributed by atoms with E-state index in [1.807, 2.05) is 42.5 Å². The molecule has 1 aliphatic rings. The number of carbonyl (C=O) groups excluding carboxylic acids is 2. The molecule has 0 aromatic heterocycles. The third kappa shape index (κ3) is 3.74. The molecule has 0 radical (unpaired) electrons. The van der Waals surface area contributed by atoms with Crippen molar-refractivity contribution in [1.29, 1.82) is 0 Å². The third-order valence-electron chi connectivity index (χ3n) is 4.71. The zero-order valence-corrected chi connectivity index (χ0v) is 15.7. The minimum Gasteiger partial charge on any atom is -0.453 e. The van der Waals surface area contributed by atoms with Crippen molar-refractivity contribution in [3.05, 3.63) is 84.9 Å². The van der Waals surface area contributed by atoms with Gasteiger partial charge in [-0.3, -0.25) is 10.1 Å². The SMILES string of the molecule is C=C.COC(=O)Nc1cccc(C2CC(=O)Nc3c2ccc2ccccc32)c1. The molecule has 0 aliphatic carbocycles. The molecule has 1 aliphatic heterocycles. The first-order chi connectivity index (χ1) is 13.7. The summed E-state index contributed by atoms with van der Waals surface area (Å²) in [7, 11) is 1.33. The molecule has 2 N–H and O–H groups in total. The summed E-state index contributed by atoms with van der Waals surface area (Å²) >= 11 is 0. The number of fused-ring (bicyclic) bond motifs is 3. The lowest BCUT2D eigenvalue weighted by Gasteiger charge is -2.27. The Morgan fingerprint density at radius 3 is 2.68 bits per heavy atom. The van der Waals surface area contributed by atoms with Crippen LogP contribution in [0.4, 0.5) is 16.2 Å². The molecule has 0 saturated carbocycles. The molecule has 3 aromatic rings. The van der Waals surface area contributed by atoms with Gasteiger partial charge in [-0.15, -0.1) is 13.2 Å². The van der Waals surface area contributed by atoms with Crippen LogP contribution < -0.4 is 10.6 Å². The summed E-state index contributed by atoms with van der Waals surface area (Å²) in [6, 6.07) is 19.7. The van der Waals surface area contributed by atoms with Crippen molar-refractivity contribution < 1.29 is 14.3 Å². The molecule has 1 heterocycles. The van der Waals surface area contributed by atoms with Crippen molar-refractivity contribution in [2.24, 2.45) is 0 Å². The van der Waals surface area contributed by atoms with Gasteiger partial charge in [-0.25, -0.2) is 4.79 Å². The monoisotopic (exact) mass is 374 g/mol. The number of rotatable bonds is 2. The van der Waals surface area contributed by atoms with E-state index in [4.69, 9.17) is 0 Å². The first-order valence-electron chi connectivity index (χ1n) is 8.92. The number of hydrogen-bond donors (Lipinski definition) is 2. The highest BCUT2D eigenvalue weighted by Gasteiger charge is 2.27. The normalized spacial score (nSPS) is 14.9. The maximum absolute atomic E-state index is 12.4. The van der Waals surface area contributed by atoms with Gasteiger partial charge in [0, 0.05) is 23.4 Å². The summed E-state index contributed by atoms with van der Waals surface area (Å²) in [5.41, 5.74) is 3.57. The highest BCUT2D eigenvalue weighted by atomic mass is 16.5. The summed E-state index contributed by atoms with van der Waals surface area (Å²) in [4.78, 5) is 23.8. The molecular weight excluding hydrogens is 352 g/mol. The first kappa shape index (κ1) is 19.2. The second-order valence-corrected chi connectivity index (χ2v) is 6.30. The van der Waals surface area contributed by atoms with Crippen LogP contribution in [0.3, 0.4) is 0 Å². The van der Waals surface area contributed by atoms with Gasteiger partial charge in [-0.1, -0.05) is 48.5 Å². The van der Waals surface area contributed by atoms with Gasteiger partial charge in [-0.05, 0) is 28.6 Å². The van der Waals surface area contributed by atoms with Crippen molar-refractivity contribution in [3.63, 3.8) is 0 Å². The Labute approximate surface area is 164 Å². The van der Waals surface area contributed by atoms with E-state index in [0.717, 1.165) is 27.6 Å². The smallest absolute Gasteiger partial charge is 0.411 e. The Balaban J connectivity index is 0.00000109. The number of hydrogen-bond acceptors (Lipinski definition) is 3. The van der Waals surface area contributed by atoms with Gasteiger partial charge in [-0.2, -0.15) is 0 Å². The van der Waals surface area contributed by atoms with Gasteiger partial charge in [0.05, 0.1) is 12.8 Å². The van der Waals surface area contributed by atoms with Crippen molar-refractivity contribution in [3.8, 4) is 0 Å². The fourth-order valence-corrected chi connectivity index (χ4v) is 3.50. The summed E-state index contributed by atoms with van der Waals surface area (Å²) < 4.78 is 4.65. The van der Waals surface area contributed by atoms with Crippen molar-refractivity contribution in [2.45, 2.75) is 12.3 Å². The average molecular weight is 374 g/mol. The zero-order valence-electron chi connectivity index (χ0n) is 15.7. The fraction of sp³-hybridized carbons (Fsp3) is 0.130. The van der Waals surface area contributed by atoms with Crippen LogP contribution in [-0.2, 0) is 9.53 Å². The van der Waals surface area contributed by atoms with Gasteiger partial charge in [0.2, 0.25) is 5.91 Å². The number of benzene rings is 3. The zero-order chi connectivity index (χ0) is 20.1. The van der Waals surface area contributed by atoms with Crippen LogP contribution >= 0.6 is 0 Å². The number of ether oxygens (including phenoxy) is 1. The second-order valence-electron chi connectivity index (χ2n) is 6.30. The topological polar surface area (TPSA) is 67.4 Å². The molecule has 5 nitrogen and oxygen atoms in total. The van der Waals surface area contributed by atoms with Crippen LogP contribution in [0.15, 0.2) is 73.8 Å². The van der Waals surface area contributed by atoms with E-state index < -0.39 is 6.09 Å². The Bertz CT molecular complexity index is 1030. The first-order valence-corrected chi connectivity index (χ1v) is 8.92. The summed E-state index contributed by atoms with van der Waals surface area (Å²) in [5, 5.41) is 7.83. The van der Waals surface area contributed by atoms with Crippen molar-refractivity contribution in [2.75, 3.05) is 17.7 Å². The lowest BCUT2D eigenvalue weighted by Crippen LogP contribution is -2.23. The standard InChI is InChI=1S/C21H18N2O3.C2H4/c1-26-21(25)22-15-7-4-6-14(11-15)18-12-19(24)23-20-16-8-3-2-5-13(16)9-10-17(18)20;1-2/h2-11,18H,12H2,1H3,(H,22,25)(H,23,24);1-2H2. The van der Waals surface area contributed by atoms with Crippen molar-refractivity contribution >= 4 is 34.1 Å². The molecule has 2 amide bonds. The van der Waals surface area contributed by atoms with E-state index in [9.17, 15) is 9.59 Å². The molecule has 1 unspecified atom stereocenters. The molecule has 142 valence electrons. The Hall–Kier alpha value is -3.60. The van der Waals surface area contributed by atoms with Gasteiger partial charge in [0.25, 0.3) is 0 Å². The second kappa shape index (κ2) is 8.39. The van der Waals surface area contributed by atoms with Crippen LogP contribution in [-0.4, -0.2) is 19.1 Å². The number of methoxy groups -OCH3 is 1. The maximum Gasteiger partial charge on any atom is 0.411 e. The van der Waals surface area contributed by atoms with E-state index in [2.05, 4.69) is 40.7 Å². The van der Waals surface area contributed by atoms with Gasteiger partial charge in [0.15, 0.2) is 0 Å². The van der Waals surface area contributed by atoms with E-state index in [1.165, 1.54) is 7.11 Å². The predicted molar refractivity (Wildman–Crippen MR) is 113 cm³/mol. The van der Waals surface area contributed by atoms with Crippen molar-refractivity contribution in [1.82, 2.24) is 0 Å². The number of nitrogens with one attached hydrogen (secondary N) is 2. The molecule has 0 saturated heterocycles. The summed E-state index contributed by atoms with van der Waals surface area (Å²) in [5.74, 6) is -0.0760. The number of carbonyl (C=O) groups is 2. The van der Waals surface area contributed by atoms with Gasteiger partial charge >= 0.3 is 6.09 Å². The number of anilines is 2. The molecular formula is C23H22N2O3. The quantitative estimate of drug-likeness (QED) is 0.599. The Kier molecular flexibility index (Phi) is 5.75. The largest absolute Gasteiger partial charge is 0.453 e. The van der Waals surface area contributed by atoms with Gasteiger partial charge in [0.1, 0.15) is 0 Å². The highest BCUT2D eigenvalue weighted by molar-refractivity contribution is 6.06. The van der Waals surface area contributed by atoms with Crippen LogP contribution in [0.1, 0.15) is 23.5 Å². The minimum atomic E-state index is -0.519. The van der Waals surface area contributed by atoms with Crippen LogP contribution in [0.5, 0.6) is 0 Å². The molecule has 0 fully saturated rings. The number of amides is 2. The van der Waals surface area contributed by atoms with E-state index in [0.29, 0.717) is 12.1 Å². The molecule has 4 rings (SSSR count). The molecule has 5 heteroatoms. The summed E-state index contributed by atoms with van der Waals surface area (Å²) in [6.45, 7) is 6.00. The molecule has 0 bridgehead atoms. The predicted octanol–water partition coefficient (Wildman–Crippen LogP) is 5.29. The molecule has 0 spiro atoms. The van der Waals surface area contributed by atoms with E-state index in [-0.39, 0.29) is 11.8 Å². The van der Waals surface area contributed by atoms with Crippen LogP contribution in [0.25, 0.3) is 10.8 Å².